The first kappa shape index (κ1) is 33.5. The SMILES string of the molecule is Cc1ccc(S(=O)(=O)N(CC(=O)N(Cc2ccccc2)C(Cc2ccccc2)C(=O)NCC(C)C)c2cc(C)ccc2C)cc1. The number of hydrogen-bond donors (Lipinski definition) is 1. The van der Waals surface area contributed by atoms with Crippen LogP contribution in [0.15, 0.2) is 108 Å². The van der Waals surface area contributed by atoms with Gasteiger partial charge in [0.25, 0.3) is 10.0 Å². The molecule has 0 spiro atoms. The molecule has 236 valence electrons. The third-order valence-corrected chi connectivity index (χ3v) is 9.45. The lowest BCUT2D eigenvalue weighted by molar-refractivity contribution is -0.140. The zero-order valence-electron chi connectivity index (χ0n) is 26.7. The van der Waals surface area contributed by atoms with Crippen LogP contribution in [0.4, 0.5) is 5.69 Å². The van der Waals surface area contributed by atoms with Crippen molar-refractivity contribution in [3.05, 3.63) is 131 Å². The van der Waals surface area contributed by atoms with Crippen molar-refractivity contribution in [1.82, 2.24) is 10.2 Å². The van der Waals surface area contributed by atoms with Gasteiger partial charge in [-0.25, -0.2) is 8.42 Å². The molecule has 0 bridgehead atoms. The molecule has 2 amide bonds. The molecule has 1 atom stereocenters. The van der Waals surface area contributed by atoms with E-state index in [0.717, 1.165) is 22.3 Å². The highest BCUT2D eigenvalue weighted by Gasteiger charge is 2.35. The van der Waals surface area contributed by atoms with E-state index in [-0.39, 0.29) is 29.7 Å². The van der Waals surface area contributed by atoms with E-state index in [4.69, 9.17) is 0 Å². The Kier molecular flexibility index (Phi) is 11.2. The number of sulfonamides is 1. The largest absolute Gasteiger partial charge is 0.354 e. The van der Waals surface area contributed by atoms with Crippen molar-refractivity contribution in [3.63, 3.8) is 0 Å². The Hall–Kier alpha value is -4.43. The number of hydrogen-bond acceptors (Lipinski definition) is 4. The van der Waals surface area contributed by atoms with Gasteiger partial charge in [0, 0.05) is 19.5 Å². The summed E-state index contributed by atoms with van der Waals surface area (Å²) in [5.74, 6) is -0.545. The summed E-state index contributed by atoms with van der Waals surface area (Å²) in [6, 6.07) is 30.3. The zero-order valence-corrected chi connectivity index (χ0v) is 27.6. The summed E-state index contributed by atoms with van der Waals surface area (Å²) in [5, 5.41) is 3.02. The standard InChI is InChI=1S/C37H43N3O4S/c1-27(2)24-38-37(42)35(23-31-12-8-6-9-13-31)39(25-32-14-10-7-11-15-32)36(41)26-40(34-22-29(4)16-19-30(34)5)45(43,44)33-20-17-28(3)18-21-33/h6-22,27,35H,23-26H2,1-5H3,(H,38,42). The van der Waals surface area contributed by atoms with Crippen LogP contribution >= 0.6 is 0 Å². The maximum atomic E-state index is 14.6. The molecule has 4 aromatic carbocycles. The van der Waals surface area contributed by atoms with Gasteiger partial charge in [0.2, 0.25) is 11.8 Å². The van der Waals surface area contributed by atoms with Crippen LogP contribution < -0.4 is 9.62 Å². The van der Waals surface area contributed by atoms with Gasteiger partial charge in [-0.05, 0) is 67.1 Å². The van der Waals surface area contributed by atoms with Gasteiger partial charge in [-0.2, -0.15) is 0 Å². The molecule has 7 nitrogen and oxygen atoms in total. The number of anilines is 1. The molecule has 0 heterocycles. The maximum absolute atomic E-state index is 14.6. The van der Waals surface area contributed by atoms with Gasteiger partial charge in [-0.1, -0.05) is 104 Å². The molecule has 1 unspecified atom stereocenters. The molecule has 0 aliphatic carbocycles. The second-order valence-electron chi connectivity index (χ2n) is 12.0. The van der Waals surface area contributed by atoms with Crippen molar-refractivity contribution in [2.75, 3.05) is 17.4 Å². The fraction of sp³-hybridized carbons (Fsp3) is 0.297. The molecule has 8 heteroatoms. The molecule has 0 aliphatic rings. The lowest BCUT2D eigenvalue weighted by Crippen LogP contribution is -2.53. The Morgan fingerprint density at radius 3 is 1.93 bits per heavy atom. The van der Waals surface area contributed by atoms with Crippen molar-refractivity contribution in [2.45, 2.75) is 58.5 Å². The molecule has 0 aromatic heterocycles. The summed E-state index contributed by atoms with van der Waals surface area (Å²) < 4.78 is 29.7. The summed E-state index contributed by atoms with van der Waals surface area (Å²) in [5.41, 5.74) is 4.66. The lowest BCUT2D eigenvalue weighted by atomic mass is 10.0. The molecule has 4 rings (SSSR count). The summed E-state index contributed by atoms with van der Waals surface area (Å²) in [6.07, 6.45) is 0.275. The second-order valence-corrected chi connectivity index (χ2v) is 13.8. The Morgan fingerprint density at radius 2 is 1.33 bits per heavy atom. The van der Waals surface area contributed by atoms with Gasteiger partial charge in [0.15, 0.2) is 0 Å². The van der Waals surface area contributed by atoms with Crippen molar-refractivity contribution in [1.29, 1.82) is 0 Å². The third kappa shape index (κ3) is 8.82. The van der Waals surface area contributed by atoms with E-state index < -0.39 is 28.5 Å². The summed E-state index contributed by atoms with van der Waals surface area (Å²) >= 11 is 0. The normalized spacial score (nSPS) is 12.0. The van der Waals surface area contributed by atoms with Crippen LogP contribution in [0.5, 0.6) is 0 Å². The third-order valence-electron chi connectivity index (χ3n) is 7.67. The first-order valence-electron chi connectivity index (χ1n) is 15.3. The molecule has 0 saturated carbocycles. The Balaban J connectivity index is 1.81. The van der Waals surface area contributed by atoms with Crippen LogP contribution in [-0.4, -0.2) is 44.3 Å². The van der Waals surface area contributed by atoms with E-state index in [2.05, 4.69) is 5.32 Å². The number of carbonyl (C=O) groups is 2. The maximum Gasteiger partial charge on any atom is 0.264 e. The topological polar surface area (TPSA) is 86.8 Å². The van der Waals surface area contributed by atoms with Crippen molar-refractivity contribution < 1.29 is 18.0 Å². The first-order chi connectivity index (χ1) is 21.5. The quantitative estimate of drug-likeness (QED) is 0.191. The van der Waals surface area contributed by atoms with Crippen molar-refractivity contribution >= 4 is 27.5 Å². The fourth-order valence-electron chi connectivity index (χ4n) is 5.10. The van der Waals surface area contributed by atoms with Crippen molar-refractivity contribution in [3.8, 4) is 0 Å². The number of nitrogens with zero attached hydrogens (tertiary/aromatic N) is 2. The van der Waals surface area contributed by atoms with Gasteiger partial charge < -0.3 is 10.2 Å². The van der Waals surface area contributed by atoms with Crippen molar-refractivity contribution in [2.24, 2.45) is 5.92 Å². The average Bonchev–Trinajstić information content (AvgIpc) is 3.02. The Bertz CT molecular complexity index is 1690. The monoisotopic (exact) mass is 625 g/mol. The molecule has 1 N–H and O–H groups in total. The first-order valence-corrected chi connectivity index (χ1v) is 16.7. The van der Waals surface area contributed by atoms with Crippen LogP contribution in [0, 0.1) is 26.7 Å². The summed E-state index contributed by atoms with van der Waals surface area (Å²) in [6.45, 7) is 9.74. The number of amides is 2. The smallest absolute Gasteiger partial charge is 0.264 e. The Morgan fingerprint density at radius 1 is 0.756 bits per heavy atom. The van der Waals surface area contributed by atoms with Crippen LogP contribution in [-0.2, 0) is 32.6 Å². The predicted molar refractivity (Wildman–Crippen MR) is 180 cm³/mol. The minimum absolute atomic E-state index is 0.0897. The van der Waals surface area contributed by atoms with Gasteiger partial charge in [0.1, 0.15) is 12.6 Å². The van der Waals surface area contributed by atoms with Gasteiger partial charge in [-0.3, -0.25) is 13.9 Å². The number of rotatable bonds is 13. The molecule has 4 aromatic rings. The Labute approximate surface area is 268 Å². The number of aryl methyl sites for hydroxylation is 3. The van der Waals surface area contributed by atoms with Gasteiger partial charge >= 0.3 is 0 Å². The van der Waals surface area contributed by atoms with Crippen LogP contribution in [0.2, 0.25) is 0 Å². The molecular weight excluding hydrogens is 582 g/mol. The number of benzene rings is 4. The fourth-order valence-corrected chi connectivity index (χ4v) is 6.57. The highest BCUT2D eigenvalue weighted by molar-refractivity contribution is 7.92. The molecule has 0 radical (unpaired) electrons. The van der Waals surface area contributed by atoms with Gasteiger partial charge in [0.05, 0.1) is 10.6 Å². The highest BCUT2D eigenvalue weighted by atomic mass is 32.2. The van der Waals surface area contributed by atoms with E-state index in [1.54, 1.807) is 30.3 Å². The van der Waals surface area contributed by atoms with E-state index in [1.807, 2.05) is 107 Å². The van der Waals surface area contributed by atoms with Crippen LogP contribution in [0.25, 0.3) is 0 Å². The van der Waals surface area contributed by atoms with Gasteiger partial charge in [-0.15, -0.1) is 0 Å². The second kappa shape index (κ2) is 15.0. The van der Waals surface area contributed by atoms with Crippen LogP contribution in [0.1, 0.15) is 41.7 Å². The minimum Gasteiger partial charge on any atom is -0.354 e. The molecule has 0 saturated heterocycles. The molecular formula is C37H43N3O4S. The summed E-state index contributed by atoms with van der Waals surface area (Å²) in [7, 11) is -4.15. The average molecular weight is 626 g/mol. The zero-order chi connectivity index (χ0) is 32.6. The van der Waals surface area contributed by atoms with E-state index >= 15 is 0 Å². The predicted octanol–water partition coefficient (Wildman–Crippen LogP) is 6.22. The molecule has 45 heavy (non-hydrogen) atoms. The highest BCUT2D eigenvalue weighted by Crippen LogP contribution is 2.29. The summed E-state index contributed by atoms with van der Waals surface area (Å²) in [4.78, 5) is 30.0. The van der Waals surface area contributed by atoms with E-state index in [9.17, 15) is 18.0 Å². The number of carbonyl (C=O) groups excluding carboxylic acids is 2. The number of nitrogens with one attached hydrogen (secondary N) is 1. The molecule has 0 aliphatic heterocycles. The molecule has 0 fully saturated rings. The van der Waals surface area contributed by atoms with Crippen LogP contribution in [0.3, 0.4) is 0 Å². The lowest BCUT2D eigenvalue weighted by Gasteiger charge is -2.34. The van der Waals surface area contributed by atoms with E-state index in [0.29, 0.717) is 17.8 Å². The minimum atomic E-state index is -4.15. The van der Waals surface area contributed by atoms with E-state index in [1.165, 1.54) is 9.21 Å².